The fourth-order valence-electron chi connectivity index (χ4n) is 3.98. The van der Waals surface area contributed by atoms with Crippen molar-refractivity contribution < 1.29 is 19.0 Å². The maximum atomic E-state index is 12.6. The maximum absolute atomic E-state index is 12.6. The van der Waals surface area contributed by atoms with Gasteiger partial charge in [0.1, 0.15) is 11.9 Å². The molecule has 3 rings (SSSR count). The molecule has 0 bridgehead atoms. The number of ether oxygens (including phenoxy) is 3. The van der Waals surface area contributed by atoms with Crippen molar-refractivity contribution in [2.45, 2.75) is 50.2 Å². The molecule has 2 heterocycles. The third kappa shape index (κ3) is 4.93. The average molecular weight is 399 g/mol. The first-order chi connectivity index (χ1) is 12.6. The second-order valence-electron chi connectivity index (χ2n) is 7.37. The van der Waals surface area contributed by atoms with Gasteiger partial charge in [0, 0.05) is 37.3 Å². The second-order valence-corrected chi connectivity index (χ2v) is 7.37. The fraction of sp³-hybridized carbons (Fsp3) is 0.650. The first kappa shape index (κ1) is 22.0. The normalized spacial score (nSPS) is 24.1. The maximum Gasteiger partial charge on any atom is 0.249 e. The molecule has 2 fully saturated rings. The Labute approximate surface area is 167 Å². The van der Waals surface area contributed by atoms with Gasteiger partial charge in [-0.25, -0.2) is 0 Å². The van der Waals surface area contributed by atoms with E-state index in [0.717, 1.165) is 37.0 Å². The van der Waals surface area contributed by atoms with Gasteiger partial charge in [-0.3, -0.25) is 4.79 Å². The van der Waals surface area contributed by atoms with Gasteiger partial charge in [-0.2, -0.15) is 0 Å². The summed E-state index contributed by atoms with van der Waals surface area (Å²) in [7, 11) is 1.69. The molecule has 1 amide bonds. The van der Waals surface area contributed by atoms with Gasteiger partial charge in [0.15, 0.2) is 0 Å². The van der Waals surface area contributed by atoms with Crippen LogP contribution < -0.4 is 15.8 Å². The van der Waals surface area contributed by atoms with Gasteiger partial charge in [-0.15, -0.1) is 12.4 Å². The quantitative estimate of drug-likeness (QED) is 0.766. The van der Waals surface area contributed by atoms with Crippen molar-refractivity contribution in [1.82, 2.24) is 5.32 Å². The van der Waals surface area contributed by atoms with E-state index in [2.05, 4.69) is 18.3 Å². The van der Waals surface area contributed by atoms with Crippen molar-refractivity contribution >= 4 is 18.3 Å². The molecule has 0 spiro atoms. The predicted octanol–water partition coefficient (Wildman–Crippen LogP) is 2.10. The lowest BCUT2D eigenvalue weighted by Crippen LogP contribution is -2.47. The lowest BCUT2D eigenvalue weighted by Gasteiger charge is -2.39. The van der Waals surface area contributed by atoms with Gasteiger partial charge in [-0.05, 0) is 38.7 Å². The molecule has 2 saturated heterocycles. The highest BCUT2D eigenvalue weighted by Crippen LogP contribution is 2.40. The highest BCUT2D eigenvalue weighted by molar-refractivity contribution is 5.85. The van der Waals surface area contributed by atoms with Crippen LogP contribution in [0.25, 0.3) is 0 Å². The largest absolute Gasteiger partial charge is 0.496 e. The Morgan fingerprint density at radius 3 is 2.70 bits per heavy atom. The minimum absolute atomic E-state index is 0. The van der Waals surface area contributed by atoms with Crippen LogP contribution in [-0.4, -0.2) is 51.5 Å². The zero-order valence-corrected chi connectivity index (χ0v) is 17.0. The molecular weight excluding hydrogens is 368 g/mol. The van der Waals surface area contributed by atoms with Crippen molar-refractivity contribution in [2.24, 2.45) is 5.73 Å². The number of nitrogens with two attached hydrogens (primary N) is 1. The van der Waals surface area contributed by atoms with Crippen LogP contribution in [0.5, 0.6) is 5.75 Å². The van der Waals surface area contributed by atoms with Crippen LogP contribution in [0.4, 0.5) is 0 Å². The highest BCUT2D eigenvalue weighted by atomic mass is 35.5. The number of amides is 1. The van der Waals surface area contributed by atoms with Gasteiger partial charge >= 0.3 is 0 Å². The van der Waals surface area contributed by atoms with Crippen molar-refractivity contribution in [2.75, 3.05) is 33.4 Å². The smallest absolute Gasteiger partial charge is 0.249 e. The van der Waals surface area contributed by atoms with Gasteiger partial charge in [-0.1, -0.05) is 17.7 Å². The van der Waals surface area contributed by atoms with Gasteiger partial charge in [0.2, 0.25) is 5.91 Å². The molecule has 0 aliphatic carbocycles. The molecule has 0 saturated carbocycles. The van der Waals surface area contributed by atoms with Crippen molar-refractivity contribution in [3.8, 4) is 5.75 Å². The van der Waals surface area contributed by atoms with Crippen molar-refractivity contribution in [3.63, 3.8) is 0 Å². The Bertz CT molecular complexity index is 634. The molecule has 2 atom stereocenters. The third-order valence-corrected chi connectivity index (χ3v) is 5.64. The molecule has 3 N–H and O–H groups in total. The topological polar surface area (TPSA) is 82.8 Å². The molecule has 6 nitrogen and oxygen atoms in total. The first-order valence-electron chi connectivity index (χ1n) is 9.44. The Morgan fingerprint density at radius 1 is 1.33 bits per heavy atom. The minimum Gasteiger partial charge on any atom is -0.496 e. The summed E-state index contributed by atoms with van der Waals surface area (Å²) >= 11 is 0. The summed E-state index contributed by atoms with van der Waals surface area (Å²) in [6, 6.07) is 6.23. The van der Waals surface area contributed by atoms with Crippen LogP contribution in [0.2, 0.25) is 0 Å². The predicted molar refractivity (Wildman–Crippen MR) is 107 cm³/mol. The van der Waals surface area contributed by atoms with Crippen LogP contribution in [0.15, 0.2) is 18.2 Å². The molecular formula is C20H31ClN2O4. The highest BCUT2D eigenvalue weighted by Gasteiger charge is 2.38. The van der Waals surface area contributed by atoms with Crippen LogP contribution >= 0.6 is 12.4 Å². The Balaban J connectivity index is 0.00000261. The first-order valence-corrected chi connectivity index (χ1v) is 9.44. The molecule has 2 aliphatic heterocycles. The number of methoxy groups -OCH3 is 1. The summed E-state index contributed by atoms with van der Waals surface area (Å²) in [6.07, 6.45) is 2.89. The number of hydrogen-bond donors (Lipinski definition) is 2. The van der Waals surface area contributed by atoms with E-state index in [1.807, 2.05) is 12.1 Å². The zero-order chi connectivity index (χ0) is 18.6. The van der Waals surface area contributed by atoms with Gasteiger partial charge in [0.25, 0.3) is 0 Å². The number of benzene rings is 1. The summed E-state index contributed by atoms with van der Waals surface area (Å²) in [5.41, 5.74) is 7.79. The number of carbonyl (C=O) groups is 1. The van der Waals surface area contributed by atoms with E-state index in [1.54, 1.807) is 7.11 Å². The van der Waals surface area contributed by atoms with Crippen LogP contribution in [-0.2, 0) is 19.7 Å². The third-order valence-electron chi connectivity index (χ3n) is 5.64. The number of halogens is 1. The van der Waals surface area contributed by atoms with E-state index in [4.69, 9.17) is 19.9 Å². The molecule has 1 aromatic rings. The van der Waals surface area contributed by atoms with Gasteiger partial charge < -0.3 is 25.3 Å². The van der Waals surface area contributed by atoms with Gasteiger partial charge in [0.05, 0.1) is 13.2 Å². The molecule has 152 valence electrons. The van der Waals surface area contributed by atoms with E-state index in [0.29, 0.717) is 26.3 Å². The SMILES string of the molecule is COc1ccc(C)cc1C1(CNC(=O)[C@@H]2CC[C@H](CN)O2)CCOCC1.Cl. The van der Waals surface area contributed by atoms with E-state index < -0.39 is 0 Å². The number of hydrogen-bond acceptors (Lipinski definition) is 5. The molecule has 0 aromatic heterocycles. The van der Waals surface area contributed by atoms with Crippen molar-refractivity contribution in [1.29, 1.82) is 0 Å². The molecule has 0 radical (unpaired) electrons. The van der Waals surface area contributed by atoms with E-state index in [9.17, 15) is 4.79 Å². The number of carbonyl (C=O) groups excluding carboxylic acids is 1. The standard InChI is InChI=1S/C20H30N2O4.ClH/c1-14-3-5-17(24-2)16(11-14)20(7-9-25-10-8-20)13-22-19(23)18-6-4-15(12-21)26-18;/h3,5,11,15,18H,4,6-10,12-13,21H2,1-2H3,(H,22,23);1H/t15-,18+;/m1./s1. The molecule has 1 aromatic carbocycles. The summed E-state index contributed by atoms with van der Waals surface area (Å²) in [5.74, 6) is 0.825. The molecule has 0 unspecified atom stereocenters. The lowest BCUT2D eigenvalue weighted by molar-refractivity contribution is -0.132. The van der Waals surface area contributed by atoms with Crippen LogP contribution in [0.3, 0.4) is 0 Å². The summed E-state index contributed by atoms with van der Waals surface area (Å²) in [5, 5.41) is 3.13. The monoisotopic (exact) mass is 398 g/mol. The fourth-order valence-corrected chi connectivity index (χ4v) is 3.98. The second kappa shape index (κ2) is 9.73. The zero-order valence-electron chi connectivity index (χ0n) is 16.2. The number of aryl methyl sites for hydroxylation is 1. The van der Waals surface area contributed by atoms with E-state index >= 15 is 0 Å². The van der Waals surface area contributed by atoms with E-state index in [1.165, 1.54) is 5.56 Å². The van der Waals surface area contributed by atoms with E-state index in [-0.39, 0.29) is 35.9 Å². The summed E-state index contributed by atoms with van der Waals surface area (Å²) < 4.78 is 16.9. The molecule has 7 heteroatoms. The minimum atomic E-state index is -0.389. The summed E-state index contributed by atoms with van der Waals surface area (Å²) in [4.78, 5) is 12.6. The Kier molecular flexibility index (Phi) is 7.91. The number of nitrogens with one attached hydrogen (secondary N) is 1. The Morgan fingerprint density at radius 2 is 2.07 bits per heavy atom. The molecule has 27 heavy (non-hydrogen) atoms. The summed E-state index contributed by atoms with van der Waals surface area (Å²) in [6.45, 7) is 4.46. The Hall–Kier alpha value is -1.34. The van der Waals surface area contributed by atoms with Crippen molar-refractivity contribution in [3.05, 3.63) is 29.3 Å². The molecule has 2 aliphatic rings. The average Bonchev–Trinajstić information content (AvgIpc) is 3.16. The van der Waals surface area contributed by atoms with Crippen LogP contribution in [0.1, 0.15) is 36.8 Å². The lowest BCUT2D eigenvalue weighted by atomic mass is 9.73. The number of rotatable bonds is 6. The van der Waals surface area contributed by atoms with Crippen LogP contribution in [0, 0.1) is 6.92 Å².